The van der Waals surface area contributed by atoms with Crippen LogP contribution in [0.15, 0.2) is 30.3 Å². The first kappa shape index (κ1) is 19.4. The van der Waals surface area contributed by atoms with Gasteiger partial charge >= 0.3 is 5.97 Å². The Morgan fingerprint density at radius 2 is 2.00 bits per heavy atom. The molecule has 1 aromatic carbocycles. The zero-order valence-corrected chi connectivity index (χ0v) is 14.9. The number of piperidine rings is 1. The molecule has 138 valence electrons. The van der Waals surface area contributed by atoms with Gasteiger partial charge in [0.25, 0.3) is 0 Å². The second kappa shape index (κ2) is 8.45. The number of aliphatic hydroxyl groups is 1. The molecule has 0 saturated carbocycles. The minimum absolute atomic E-state index is 0.0909. The highest BCUT2D eigenvalue weighted by Gasteiger charge is 2.48. The number of nitrogens with one attached hydrogen (secondary N) is 1. The first-order valence-electron chi connectivity index (χ1n) is 8.78. The van der Waals surface area contributed by atoms with Crippen LogP contribution in [0, 0.1) is 11.3 Å². The van der Waals surface area contributed by atoms with Gasteiger partial charge in [0.05, 0.1) is 12.6 Å². The quantitative estimate of drug-likeness (QED) is 0.687. The lowest BCUT2D eigenvalue weighted by molar-refractivity contribution is -0.163. The van der Waals surface area contributed by atoms with Crippen molar-refractivity contribution in [2.75, 3.05) is 26.2 Å². The number of β-amino-alcohol motifs (C(OH)–C–C–N with tert-alkyl or cyclic N) is 1. The van der Waals surface area contributed by atoms with E-state index in [1.54, 1.807) is 0 Å². The number of hydrogen-bond donors (Lipinski definition) is 3. The highest BCUT2D eigenvalue weighted by molar-refractivity contribution is 5.78. The third-order valence-corrected chi connectivity index (χ3v) is 4.81. The van der Waals surface area contributed by atoms with E-state index in [2.05, 4.69) is 5.32 Å². The molecule has 0 radical (unpaired) electrons. The highest BCUT2D eigenvalue weighted by atomic mass is 16.4. The molecule has 0 spiro atoms. The van der Waals surface area contributed by atoms with E-state index in [1.807, 2.05) is 49.1 Å². The summed E-state index contributed by atoms with van der Waals surface area (Å²) in [5.41, 5.74) is -0.307. The second-order valence-electron chi connectivity index (χ2n) is 7.32. The molecular formula is C19H28N2O4. The molecular weight excluding hydrogens is 320 g/mol. The van der Waals surface area contributed by atoms with Gasteiger partial charge in [0.1, 0.15) is 5.41 Å². The van der Waals surface area contributed by atoms with Gasteiger partial charge in [-0.1, -0.05) is 44.2 Å². The Kier molecular flexibility index (Phi) is 6.56. The molecule has 1 amide bonds. The largest absolute Gasteiger partial charge is 0.481 e. The first-order valence-corrected chi connectivity index (χ1v) is 8.78. The van der Waals surface area contributed by atoms with E-state index in [0.29, 0.717) is 25.4 Å². The fourth-order valence-electron chi connectivity index (χ4n) is 3.25. The molecule has 0 bridgehead atoms. The van der Waals surface area contributed by atoms with Gasteiger partial charge in [-0.2, -0.15) is 0 Å². The Labute approximate surface area is 148 Å². The SMILES string of the molecule is CC(C)CNC(=O)CN1CC[C@](Cc2ccccc2)(C(=O)O)[C@@H](O)C1. The lowest BCUT2D eigenvalue weighted by Crippen LogP contribution is -2.57. The van der Waals surface area contributed by atoms with Crippen molar-refractivity contribution < 1.29 is 19.8 Å². The zero-order valence-electron chi connectivity index (χ0n) is 14.9. The third-order valence-electron chi connectivity index (χ3n) is 4.81. The average molecular weight is 348 g/mol. The minimum atomic E-state index is -1.20. The van der Waals surface area contributed by atoms with Crippen LogP contribution in [0.25, 0.3) is 0 Å². The number of benzene rings is 1. The van der Waals surface area contributed by atoms with E-state index in [1.165, 1.54) is 0 Å². The molecule has 0 aromatic heterocycles. The van der Waals surface area contributed by atoms with E-state index in [4.69, 9.17) is 0 Å². The number of carboxylic acid groups (broad SMARTS) is 1. The van der Waals surface area contributed by atoms with E-state index < -0.39 is 17.5 Å². The van der Waals surface area contributed by atoms with Crippen molar-refractivity contribution >= 4 is 11.9 Å². The number of carbonyl (C=O) groups excluding carboxylic acids is 1. The molecule has 6 nitrogen and oxygen atoms in total. The van der Waals surface area contributed by atoms with Crippen molar-refractivity contribution in [3.8, 4) is 0 Å². The Hall–Kier alpha value is -1.92. The summed E-state index contributed by atoms with van der Waals surface area (Å²) in [6.45, 7) is 5.51. The van der Waals surface area contributed by atoms with Gasteiger partial charge in [0, 0.05) is 13.1 Å². The van der Waals surface area contributed by atoms with Crippen molar-refractivity contribution in [2.45, 2.75) is 32.8 Å². The topological polar surface area (TPSA) is 89.9 Å². The van der Waals surface area contributed by atoms with Crippen LogP contribution in [0.4, 0.5) is 0 Å². The maximum Gasteiger partial charge on any atom is 0.312 e. The molecule has 3 N–H and O–H groups in total. The van der Waals surface area contributed by atoms with E-state index in [9.17, 15) is 19.8 Å². The molecule has 0 unspecified atom stereocenters. The van der Waals surface area contributed by atoms with Gasteiger partial charge < -0.3 is 15.5 Å². The number of aliphatic hydroxyl groups excluding tert-OH is 1. The highest BCUT2D eigenvalue weighted by Crippen LogP contribution is 2.36. The lowest BCUT2D eigenvalue weighted by atomic mass is 9.71. The van der Waals surface area contributed by atoms with Crippen LogP contribution in [-0.2, 0) is 16.0 Å². The Morgan fingerprint density at radius 3 is 2.56 bits per heavy atom. The number of rotatable bonds is 7. The Balaban J connectivity index is 2.00. The van der Waals surface area contributed by atoms with Crippen LogP contribution >= 0.6 is 0 Å². The van der Waals surface area contributed by atoms with Crippen LogP contribution in [-0.4, -0.2) is 59.3 Å². The summed E-state index contributed by atoms with van der Waals surface area (Å²) < 4.78 is 0. The molecule has 0 aliphatic carbocycles. The van der Waals surface area contributed by atoms with Crippen molar-refractivity contribution in [3.63, 3.8) is 0 Å². The van der Waals surface area contributed by atoms with Crippen molar-refractivity contribution in [1.82, 2.24) is 10.2 Å². The molecule has 1 aromatic rings. The maximum atomic E-state index is 12.0. The summed E-state index contributed by atoms with van der Waals surface area (Å²) in [5, 5.41) is 23.2. The molecule has 1 aliphatic rings. The zero-order chi connectivity index (χ0) is 18.4. The molecule has 25 heavy (non-hydrogen) atoms. The predicted octanol–water partition coefficient (Wildman–Crippen LogP) is 1.14. The molecule has 1 aliphatic heterocycles. The van der Waals surface area contributed by atoms with Gasteiger partial charge in [-0.3, -0.25) is 14.5 Å². The maximum absolute atomic E-state index is 12.0. The average Bonchev–Trinajstić information content (AvgIpc) is 2.56. The van der Waals surface area contributed by atoms with Crippen LogP contribution in [0.2, 0.25) is 0 Å². The number of carboxylic acids is 1. The van der Waals surface area contributed by atoms with Gasteiger partial charge in [0.15, 0.2) is 0 Å². The molecule has 2 rings (SSSR count). The summed E-state index contributed by atoms with van der Waals surface area (Å²) >= 11 is 0. The summed E-state index contributed by atoms with van der Waals surface area (Å²) in [6.07, 6.45) is -0.412. The number of hydrogen-bond acceptors (Lipinski definition) is 4. The summed E-state index contributed by atoms with van der Waals surface area (Å²) in [4.78, 5) is 25.7. The first-order chi connectivity index (χ1) is 11.8. The third kappa shape index (κ3) is 5.03. The van der Waals surface area contributed by atoms with Gasteiger partial charge in [-0.25, -0.2) is 0 Å². The number of amides is 1. The predicted molar refractivity (Wildman–Crippen MR) is 95.1 cm³/mol. The van der Waals surface area contributed by atoms with E-state index in [-0.39, 0.29) is 25.4 Å². The van der Waals surface area contributed by atoms with Crippen LogP contribution in [0.1, 0.15) is 25.8 Å². The summed E-state index contributed by atoms with van der Waals surface area (Å²) in [5.74, 6) is -0.694. The minimum Gasteiger partial charge on any atom is -0.481 e. The standard InChI is InChI=1S/C19H28N2O4/c1-14(2)11-20-17(23)13-21-9-8-19(18(24)25,16(22)12-21)10-15-6-4-3-5-7-15/h3-7,14,16,22H,8-13H2,1-2H3,(H,20,23)(H,24,25)/t16-,19+/m0/s1. The number of likely N-dealkylation sites (tertiary alicyclic amines) is 1. The van der Waals surface area contributed by atoms with Crippen LogP contribution in [0.3, 0.4) is 0 Å². The van der Waals surface area contributed by atoms with Gasteiger partial charge in [-0.05, 0) is 30.9 Å². The number of nitrogens with zero attached hydrogens (tertiary/aromatic N) is 1. The van der Waals surface area contributed by atoms with Gasteiger partial charge in [-0.15, -0.1) is 0 Å². The van der Waals surface area contributed by atoms with E-state index in [0.717, 1.165) is 5.56 Å². The van der Waals surface area contributed by atoms with Crippen molar-refractivity contribution in [3.05, 3.63) is 35.9 Å². The monoisotopic (exact) mass is 348 g/mol. The summed E-state index contributed by atoms with van der Waals surface area (Å²) in [7, 11) is 0. The van der Waals surface area contributed by atoms with Crippen molar-refractivity contribution in [2.24, 2.45) is 11.3 Å². The molecule has 1 saturated heterocycles. The number of aliphatic carboxylic acids is 1. The smallest absolute Gasteiger partial charge is 0.312 e. The van der Waals surface area contributed by atoms with Crippen molar-refractivity contribution in [1.29, 1.82) is 0 Å². The second-order valence-corrected chi connectivity index (χ2v) is 7.32. The fraction of sp³-hybridized carbons (Fsp3) is 0.579. The Morgan fingerprint density at radius 1 is 1.32 bits per heavy atom. The molecule has 1 fully saturated rings. The number of carbonyl (C=O) groups is 2. The van der Waals surface area contributed by atoms with Gasteiger partial charge in [0.2, 0.25) is 5.91 Å². The lowest BCUT2D eigenvalue weighted by Gasteiger charge is -2.42. The fourth-order valence-corrected chi connectivity index (χ4v) is 3.25. The molecule has 6 heteroatoms. The van der Waals surface area contributed by atoms with E-state index >= 15 is 0 Å². The molecule has 2 atom stereocenters. The molecule has 1 heterocycles. The summed E-state index contributed by atoms with van der Waals surface area (Å²) in [6, 6.07) is 9.37. The van der Waals surface area contributed by atoms with Crippen LogP contribution < -0.4 is 5.32 Å². The normalized spacial score (nSPS) is 24.2. The Bertz CT molecular complexity index is 590. The van der Waals surface area contributed by atoms with Crippen LogP contribution in [0.5, 0.6) is 0 Å².